The SMILES string of the molecule is Cc1ccc2nc(-c3cnc(N)nc3)c(C)c(C(=O)N(C)C)c2c1. The fourth-order valence-electron chi connectivity index (χ4n) is 2.71. The molecule has 0 saturated heterocycles. The summed E-state index contributed by atoms with van der Waals surface area (Å²) in [5.41, 5.74) is 10.3. The number of fused-ring (bicyclic) bond motifs is 1. The number of aryl methyl sites for hydroxylation is 1. The molecule has 0 unspecified atom stereocenters. The number of anilines is 1. The Hall–Kier alpha value is -3.02. The minimum Gasteiger partial charge on any atom is -0.368 e. The maximum Gasteiger partial charge on any atom is 0.254 e. The van der Waals surface area contributed by atoms with E-state index in [-0.39, 0.29) is 11.9 Å². The van der Waals surface area contributed by atoms with Crippen molar-refractivity contribution in [2.24, 2.45) is 0 Å². The first-order valence-electron chi connectivity index (χ1n) is 7.59. The monoisotopic (exact) mass is 321 g/mol. The average Bonchev–Trinajstić information content (AvgIpc) is 2.55. The summed E-state index contributed by atoms with van der Waals surface area (Å²) in [7, 11) is 3.49. The summed E-state index contributed by atoms with van der Waals surface area (Å²) < 4.78 is 0. The van der Waals surface area contributed by atoms with Crippen molar-refractivity contribution in [3.8, 4) is 11.3 Å². The summed E-state index contributed by atoms with van der Waals surface area (Å²) in [6, 6.07) is 5.91. The number of rotatable bonds is 2. The predicted molar refractivity (Wildman–Crippen MR) is 94.7 cm³/mol. The number of pyridine rings is 1. The number of nitrogen functional groups attached to an aromatic ring is 1. The summed E-state index contributed by atoms with van der Waals surface area (Å²) in [4.78, 5) is 27.1. The lowest BCUT2D eigenvalue weighted by Gasteiger charge is -2.17. The third-order valence-electron chi connectivity index (χ3n) is 3.95. The fraction of sp³-hybridized carbons (Fsp3) is 0.222. The lowest BCUT2D eigenvalue weighted by atomic mass is 9.97. The largest absolute Gasteiger partial charge is 0.368 e. The van der Waals surface area contributed by atoms with Gasteiger partial charge in [0.05, 0.1) is 16.8 Å². The maximum atomic E-state index is 12.8. The number of hydrogen-bond donors (Lipinski definition) is 1. The zero-order valence-electron chi connectivity index (χ0n) is 14.2. The van der Waals surface area contributed by atoms with E-state index in [4.69, 9.17) is 10.7 Å². The minimum absolute atomic E-state index is 0.0527. The van der Waals surface area contributed by atoms with E-state index in [9.17, 15) is 4.79 Å². The van der Waals surface area contributed by atoms with Gasteiger partial charge in [-0.1, -0.05) is 11.6 Å². The smallest absolute Gasteiger partial charge is 0.254 e. The first-order chi connectivity index (χ1) is 11.4. The van der Waals surface area contributed by atoms with Crippen molar-refractivity contribution in [1.82, 2.24) is 19.9 Å². The normalized spacial score (nSPS) is 10.8. The molecule has 0 bridgehead atoms. The van der Waals surface area contributed by atoms with Crippen molar-refractivity contribution in [1.29, 1.82) is 0 Å². The van der Waals surface area contributed by atoms with Gasteiger partial charge in [0, 0.05) is 37.4 Å². The Kier molecular flexibility index (Phi) is 3.89. The molecule has 0 fully saturated rings. The van der Waals surface area contributed by atoms with Crippen molar-refractivity contribution >= 4 is 22.8 Å². The molecule has 2 heterocycles. The van der Waals surface area contributed by atoms with Crippen LogP contribution in [0, 0.1) is 13.8 Å². The quantitative estimate of drug-likeness (QED) is 0.784. The van der Waals surface area contributed by atoms with Gasteiger partial charge >= 0.3 is 0 Å². The highest BCUT2D eigenvalue weighted by atomic mass is 16.2. The second-order valence-electron chi connectivity index (χ2n) is 6.01. The molecule has 2 N–H and O–H groups in total. The standard InChI is InChI=1S/C18H19N5O/c1-10-5-6-14-13(7-10)15(17(24)23(3)4)11(2)16(22-14)12-8-20-18(19)21-9-12/h5-9H,1-4H3,(H2,19,20,21). The van der Waals surface area contributed by atoms with Crippen molar-refractivity contribution < 1.29 is 4.79 Å². The number of carbonyl (C=O) groups is 1. The molecule has 0 saturated carbocycles. The van der Waals surface area contributed by atoms with Gasteiger partial charge in [0.15, 0.2) is 0 Å². The zero-order valence-corrected chi connectivity index (χ0v) is 14.2. The van der Waals surface area contributed by atoms with Crippen molar-refractivity contribution in [2.45, 2.75) is 13.8 Å². The van der Waals surface area contributed by atoms with Gasteiger partial charge in [-0.25, -0.2) is 15.0 Å². The Morgan fingerprint density at radius 1 is 1.12 bits per heavy atom. The van der Waals surface area contributed by atoms with Crippen LogP contribution in [0.15, 0.2) is 30.6 Å². The molecular formula is C18H19N5O. The molecule has 0 aliphatic carbocycles. The van der Waals surface area contributed by atoms with Gasteiger partial charge in [0.1, 0.15) is 0 Å². The Bertz CT molecular complexity index is 932. The van der Waals surface area contributed by atoms with Gasteiger partial charge < -0.3 is 10.6 Å². The number of nitrogens with zero attached hydrogens (tertiary/aromatic N) is 4. The highest BCUT2D eigenvalue weighted by molar-refractivity contribution is 6.08. The Morgan fingerprint density at radius 2 is 1.79 bits per heavy atom. The third kappa shape index (κ3) is 2.67. The van der Waals surface area contributed by atoms with Crippen molar-refractivity contribution in [3.05, 3.63) is 47.3 Å². The van der Waals surface area contributed by atoms with E-state index in [1.54, 1.807) is 31.4 Å². The molecule has 0 atom stereocenters. The molecule has 6 nitrogen and oxygen atoms in total. The Balaban J connectivity index is 2.36. The van der Waals surface area contributed by atoms with Crippen LogP contribution < -0.4 is 5.73 Å². The molecule has 0 aliphatic rings. The molecule has 0 spiro atoms. The minimum atomic E-state index is -0.0527. The van der Waals surface area contributed by atoms with Gasteiger partial charge in [-0.05, 0) is 31.5 Å². The summed E-state index contributed by atoms with van der Waals surface area (Å²) in [5, 5.41) is 0.853. The van der Waals surface area contributed by atoms with Crippen LogP contribution in [0.3, 0.4) is 0 Å². The molecule has 2 aromatic heterocycles. The fourth-order valence-corrected chi connectivity index (χ4v) is 2.71. The van der Waals surface area contributed by atoms with Crippen LogP contribution in [-0.4, -0.2) is 39.9 Å². The molecule has 0 radical (unpaired) electrons. The van der Waals surface area contributed by atoms with Crippen LogP contribution in [0.4, 0.5) is 5.95 Å². The molecular weight excluding hydrogens is 302 g/mol. The maximum absolute atomic E-state index is 12.8. The van der Waals surface area contributed by atoms with Gasteiger partial charge in [-0.3, -0.25) is 4.79 Å². The predicted octanol–water partition coefficient (Wildman–Crippen LogP) is 2.59. The molecule has 122 valence electrons. The van der Waals surface area contributed by atoms with E-state index in [1.807, 2.05) is 32.0 Å². The Morgan fingerprint density at radius 3 is 2.42 bits per heavy atom. The van der Waals surface area contributed by atoms with E-state index in [0.29, 0.717) is 11.3 Å². The summed E-state index contributed by atoms with van der Waals surface area (Å²) in [6.45, 7) is 3.90. The lowest BCUT2D eigenvalue weighted by Crippen LogP contribution is -2.23. The second kappa shape index (κ2) is 5.88. The number of hydrogen-bond acceptors (Lipinski definition) is 5. The number of benzene rings is 1. The number of nitrogens with two attached hydrogens (primary N) is 1. The first-order valence-corrected chi connectivity index (χ1v) is 7.59. The van der Waals surface area contributed by atoms with Crippen LogP contribution in [0.2, 0.25) is 0 Å². The third-order valence-corrected chi connectivity index (χ3v) is 3.95. The zero-order chi connectivity index (χ0) is 17.4. The second-order valence-corrected chi connectivity index (χ2v) is 6.01. The Labute approximate surface area is 140 Å². The van der Waals surface area contributed by atoms with E-state index in [1.165, 1.54) is 0 Å². The van der Waals surface area contributed by atoms with E-state index in [0.717, 1.165) is 27.6 Å². The molecule has 0 aliphatic heterocycles. The van der Waals surface area contributed by atoms with Crippen LogP contribution in [0.25, 0.3) is 22.2 Å². The molecule has 1 aromatic carbocycles. The van der Waals surface area contributed by atoms with Crippen LogP contribution in [-0.2, 0) is 0 Å². The van der Waals surface area contributed by atoms with Crippen LogP contribution in [0.5, 0.6) is 0 Å². The summed E-state index contributed by atoms with van der Waals surface area (Å²) in [5.74, 6) is 0.153. The average molecular weight is 321 g/mol. The van der Waals surface area contributed by atoms with Gasteiger partial charge in [-0.15, -0.1) is 0 Å². The molecule has 1 amide bonds. The highest BCUT2D eigenvalue weighted by Gasteiger charge is 2.20. The topological polar surface area (TPSA) is 85.0 Å². The van der Waals surface area contributed by atoms with Crippen LogP contribution in [0.1, 0.15) is 21.5 Å². The molecule has 6 heteroatoms. The van der Waals surface area contributed by atoms with E-state index < -0.39 is 0 Å². The van der Waals surface area contributed by atoms with Gasteiger partial charge in [0.2, 0.25) is 5.95 Å². The summed E-state index contributed by atoms with van der Waals surface area (Å²) >= 11 is 0. The first kappa shape index (κ1) is 15.9. The van der Waals surface area contributed by atoms with Crippen molar-refractivity contribution in [3.63, 3.8) is 0 Å². The number of aromatic nitrogens is 3. The number of amides is 1. The number of carbonyl (C=O) groups excluding carboxylic acids is 1. The van der Waals surface area contributed by atoms with E-state index >= 15 is 0 Å². The lowest BCUT2D eigenvalue weighted by molar-refractivity contribution is 0.0829. The summed E-state index contributed by atoms with van der Waals surface area (Å²) in [6.07, 6.45) is 3.25. The molecule has 3 aromatic rings. The van der Waals surface area contributed by atoms with Crippen LogP contribution >= 0.6 is 0 Å². The highest BCUT2D eigenvalue weighted by Crippen LogP contribution is 2.30. The van der Waals surface area contributed by atoms with Gasteiger partial charge in [-0.2, -0.15) is 0 Å². The van der Waals surface area contributed by atoms with E-state index in [2.05, 4.69) is 9.97 Å². The molecule has 24 heavy (non-hydrogen) atoms. The van der Waals surface area contributed by atoms with Crippen molar-refractivity contribution in [2.75, 3.05) is 19.8 Å². The van der Waals surface area contributed by atoms with Gasteiger partial charge in [0.25, 0.3) is 5.91 Å². The molecule has 3 rings (SSSR count).